The standard InChI is InChI=1S/C15H23NO3S/c1-3-4-12(5-6-14(17)18)7-8-16-15(19)13-10-20-9-11(13)2/h9-10,12H,3-8H2,1-2H3,(H,16,19)(H,17,18). The fourth-order valence-electron chi connectivity index (χ4n) is 2.25. The molecule has 112 valence electrons. The molecule has 0 bridgehead atoms. The van der Waals surface area contributed by atoms with Crippen molar-refractivity contribution in [2.24, 2.45) is 5.92 Å². The Morgan fingerprint density at radius 3 is 2.60 bits per heavy atom. The lowest BCUT2D eigenvalue weighted by molar-refractivity contribution is -0.137. The second-order valence-electron chi connectivity index (χ2n) is 5.10. The lowest BCUT2D eigenvalue weighted by atomic mass is 9.94. The monoisotopic (exact) mass is 297 g/mol. The van der Waals surface area contributed by atoms with Crippen molar-refractivity contribution >= 4 is 23.2 Å². The Labute approximate surface area is 124 Å². The molecule has 0 saturated heterocycles. The maximum absolute atomic E-state index is 11.9. The molecule has 1 rings (SSSR count). The maximum Gasteiger partial charge on any atom is 0.303 e. The zero-order valence-electron chi connectivity index (χ0n) is 12.1. The molecule has 0 spiro atoms. The van der Waals surface area contributed by atoms with Gasteiger partial charge in [0.15, 0.2) is 0 Å². The molecule has 0 radical (unpaired) electrons. The van der Waals surface area contributed by atoms with E-state index >= 15 is 0 Å². The Hall–Kier alpha value is -1.36. The van der Waals surface area contributed by atoms with Crippen molar-refractivity contribution in [1.29, 1.82) is 0 Å². The number of rotatable bonds is 9. The van der Waals surface area contributed by atoms with Gasteiger partial charge in [-0.25, -0.2) is 0 Å². The van der Waals surface area contributed by atoms with E-state index in [1.807, 2.05) is 17.7 Å². The minimum atomic E-state index is -0.746. The Morgan fingerprint density at radius 1 is 1.30 bits per heavy atom. The van der Waals surface area contributed by atoms with Gasteiger partial charge in [0.2, 0.25) is 0 Å². The number of aliphatic carboxylic acids is 1. The van der Waals surface area contributed by atoms with Crippen LogP contribution in [0.15, 0.2) is 10.8 Å². The number of carbonyl (C=O) groups excluding carboxylic acids is 1. The van der Waals surface area contributed by atoms with Crippen LogP contribution in [0.1, 0.15) is 54.9 Å². The first kappa shape index (κ1) is 16.7. The van der Waals surface area contributed by atoms with E-state index in [1.165, 1.54) is 11.3 Å². The summed E-state index contributed by atoms with van der Waals surface area (Å²) in [4.78, 5) is 22.5. The average Bonchev–Trinajstić information content (AvgIpc) is 2.82. The van der Waals surface area contributed by atoms with Crippen molar-refractivity contribution in [3.05, 3.63) is 21.9 Å². The van der Waals surface area contributed by atoms with E-state index in [2.05, 4.69) is 12.2 Å². The maximum atomic E-state index is 11.9. The molecule has 5 heteroatoms. The van der Waals surface area contributed by atoms with Gasteiger partial charge < -0.3 is 10.4 Å². The van der Waals surface area contributed by atoms with Crippen molar-refractivity contribution < 1.29 is 14.7 Å². The minimum absolute atomic E-state index is 0.0303. The van der Waals surface area contributed by atoms with Crippen molar-refractivity contribution in [2.75, 3.05) is 6.54 Å². The molecule has 2 N–H and O–H groups in total. The normalized spacial score (nSPS) is 12.1. The zero-order chi connectivity index (χ0) is 15.0. The summed E-state index contributed by atoms with van der Waals surface area (Å²) in [6.45, 7) is 4.64. The van der Waals surface area contributed by atoms with E-state index in [4.69, 9.17) is 5.11 Å². The number of carboxylic acids is 1. The number of thiophene rings is 1. The molecule has 1 aromatic rings. The number of amides is 1. The van der Waals surface area contributed by atoms with Crippen LogP contribution in [0.25, 0.3) is 0 Å². The van der Waals surface area contributed by atoms with Gasteiger partial charge in [0.05, 0.1) is 5.56 Å². The molecule has 1 heterocycles. The largest absolute Gasteiger partial charge is 0.481 e. The number of carbonyl (C=O) groups is 2. The first-order chi connectivity index (χ1) is 9.54. The second-order valence-corrected chi connectivity index (χ2v) is 5.84. The van der Waals surface area contributed by atoms with Crippen molar-refractivity contribution in [3.63, 3.8) is 0 Å². The molecule has 0 aliphatic rings. The third-order valence-corrected chi connectivity index (χ3v) is 4.26. The molecule has 1 aromatic heterocycles. The highest BCUT2D eigenvalue weighted by atomic mass is 32.1. The summed E-state index contributed by atoms with van der Waals surface area (Å²) < 4.78 is 0. The lowest BCUT2D eigenvalue weighted by Gasteiger charge is -2.15. The van der Waals surface area contributed by atoms with Gasteiger partial charge in [0.1, 0.15) is 0 Å². The molecule has 20 heavy (non-hydrogen) atoms. The highest BCUT2D eigenvalue weighted by Crippen LogP contribution is 2.18. The third kappa shape index (κ3) is 5.74. The summed E-state index contributed by atoms with van der Waals surface area (Å²) in [6.07, 6.45) is 3.80. The number of nitrogens with one attached hydrogen (secondary N) is 1. The third-order valence-electron chi connectivity index (χ3n) is 3.40. The number of hydrogen-bond donors (Lipinski definition) is 2. The fraction of sp³-hybridized carbons (Fsp3) is 0.600. The van der Waals surface area contributed by atoms with Gasteiger partial charge in [-0.3, -0.25) is 9.59 Å². The summed E-state index contributed by atoms with van der Waals surface area (Å²) in [5.41, 5.74) is 1.75. The van der Waals surface area contributed by atoms with Gasteiger partial charge in [-0.15, -0.1) is 0 Å². The molecule has 0 aliphatic heterocycles. The van der Waals surface area contributed by atoms with Gasteiger partial charge in [-0.05, 0) is 36.6 Å². The average molecular weight is 297 g/mol. The summed E-state index contributed by atoms with van der Waals surface area (Å²) in [5.74, 6) is -0.402. The predicted octanol–water partition coefficient (Wildman–Crippen LogP) is 3.46. The van der Waals surface area contributed by atoms with Crippen molar-refractivity contribution in [2.45, 2.75) is 46.0 Å². The van der Waals surface area contributed by atoms with Gasteiger partial charge in [-0.2, -0.15) is 11.3 Å². The lowest BCUT2D eigenvalue weighted by Crippen LogP contribution is -2.26. The second kappa shape index (κ2) is 8.74. The van der Waals surface area contributed by atoms with E-state index in [-0.39, 0.29) is 12.3 Å². The molecule has 4 nitrogen and oxygen atoms in total. The fourth-order valence-corrected chi connectivity index (χ4v) is 3.08. The Morgan fingerprint density at radius 2 is 2.05 bits per heavy atom. The van der Waals surface area contributed by atoms with Crippen LogP contribution in [0.5, 0.6) is 0 Å². The van der Waals surface area contributed by atoms with Crippen molar-refractivity contribution in [1.82, 2.24) is 5.32 Å². The van der Waals surface area contributed by atoms with Crippen LogP contribution in [0.4, 0.5) is 0 Å². The van der Waals surface area contributed by atoms with Crippen LogP contribution >= 0.6 is 11.3 Å². The summed E-state index contributed by atoms with van der Waals surface area (Å²) in [6, 6.07) is 0. The van der Waals surface area contributed by atoms with Gasteiger partial charge in [0, 0.05) is 18.3 Å². The van der Waals surface area contributed by atoms with Crippen LogP contribution in [-0.4, -0.2) is 23.5 Å². The first-order valence-corrected chi connectivity index (χ1v) is 8.01. The number of hydrogen-bond acceptors (Lipinski definition) is 3. The molecule has 0 aliphatic carbocycles. The smallest absolute Gasteiger partial charge is 0.303 e. The molecular weight excluding hydrogens is 274 g/mol. The van der Waals surface area contributed by atoms with Crippen LogP contribution in [0.3, 0.4) is 0 Å². The number of aryl methyl sites for hydroxylation is 1. The quantitative estimate of drug-likeness (QED) is 0.733. The molecule has 0 aromatic carbocycles. The Kier molecular flexibility index (Phi) is 7.30. The predicted molar refractivity (Wildman–Crippen MR) is 81.3 cm³/mol. The Bertz CT molecular complexity index is 442. The van der Waals surface area contributed by atoms with Crippen LogP contribution in [0, 0.1) is 12.8 Å². The SMILES string of the molecule is CCCC(CCNC(=O)c1cscc1C)CCC(=O)O. The molecule has 0 fully saturated rings. The summed E-state index contributed by atoms with van der Waals surface area (Å²) in [7, 11) is 0. The number of carboxylic acid groups (broad SMARTS) is 1. The summed E-state index contributed by atoms with van der Waals surface area (Å²) in [5, 5.41) is 15.5. The Balaban J connectivity index is 2.34. The van der Waals surface area contributed by atoms with E-state index in [0.717, 1.165) is 30.4 Å². The van der Waals surface area contributed by atoms with Crippen LogP contribution < -0.4 is 5.32 Å². The van der Waals surface area contributed by atoms with Gasteiger partial charge >= 0.3 is 5.97 Å². The highest BCUT2D eigenvalue weighted by Gasteiger charge is 2.12. The van der Waals surface area contributed by atoms with Crippen LogP contribution in [-0.2, 0) is 4.79 Å². The van der Waals surface area contributed by atoms with E-state index in [0.29, 0.717) is 18.9 Å². The molecule has 1 unspecified atom stereocenters. The van der Waals surface area contributed by atoms with E-state index in [1.54, 1.807) is 0 Å². The highest BCUT2D eigenvalue weighted by molar-refractivity contribution is 7.08. The minimum Gasteiger partial charge on any atom is -0.481 e. The molecule has 0 saturated carbocycles. The van der Waals surface area contributed by atoms with E-state index in [9.17, 15) is 9.59 Å². The topological polar surface area (TPSA) is 66.4 Å². The molecular formula is C15H23NO3S. The first-order valence-electron chi connectivity index (χ1n) is 7.07. The van der Waals surface area contributed by atoms with E-state index < -0.39 is 5.97 Å². The molecule has 1 amide bonds. The van der Waals surface area contributed by atoms with Crippen LogP contribution in [0.2, 0.25) is 0 Å². The molecule has 1 atom stereocenters. The zero-order valence-corrected chi connectivity index (χ0v) is 13.0. The van der Waals surface area contributed by atoms with Gasteiger partial charge in [0.25, 0.3) is 5.91 Å². The van der Waals surface area contributed by atoms with Gasteiger partial charge in [-0.1, -0.05) is 19.8 Å². The van der Waals surface area contributed by atoms with Crippen molar-refractivity contribution in [3.8, 4) is 0 Å². The summed E-state index contributed by atoms with van der Waals surface area (Å²) >= 11 is 1.53.